The van der Waals surface area contributed by atoms with Crippen LogP contribution in [0, 0.1) is 6.92 Å². The number of furan rings is 1. The highest BCUT2D eigenvalue weighted by atomic mass is 16.3. The maximum atomic E-state index is 12.5. The van der Waals surface area contributed by atoms with Crippen LogP contribution in [0.2, 0.25) is 0 Å². The topological polar surface area (TPSA) is 72.4 Å². The molecular weight excluding hydrogens is 314 g/mol. The summed E-state index contributed by atoms with van der Waals surface area (Å²) < 4.78 is 5.97. The second kappa shape index (κ2) is 6.81. The number of anilines is 1. The average Bonchev–Trinajstić information content (AvgIpc) is 2.97. The van der Waals surface area contributed by atoms with Crippen molar-refractivity contribution in [3.8, 4) is 0 Å². The highest BCUT2D eigenvalue weighted by Crippen LogP contribution is 2.31. The summed E-state index contributed by atoms with van der Waals surface area (Å²) in [7, 11) is 1.77. The zero-order valence-electron chi connectivity index (χ0n) is 14.6. The number of hydrogen-bond donors (Lipinski definition) is 1. The number of nitrogens with zero attached hydrogens (tertiary/aromatic N) is 2. The molecule has 0 aliphatic carbocycles. The van der Waals surface area contributed by atoms with Crippen LogP contribution in [0.15, 0.2) is 53.1 Å². The van der Waals surface area contributed by atoms with Gasteiger partial charge in [0.05, 0.1) is 6.04 Å². The summed E-state index contributed by atoms with van der Waals surface area (Å²) in [6.45, 7) is 3.98. The summed E-state index contributed by atoms with van der Waals surface area (Å²) in [4.78, 5) is 18.1. The molecule has 2 N–H and O–H groups in total. The molecule has 3 aromatic rings. The Hall–Kier alpha value is -3.08. The van der Waals surface area contributed by atoms with Gasteiger partial charge in [0.25, 0.3) is 0 Å². The molecule has 0 fully saturated rings. The fraction of sp³-hybridized carbons (Fsp3) is 0.200. The maximum absolute atomic E-state index is 12.5. The van der Waals surface area contributed by atoms with Crippen LogP contribution < -0.4 is 5.73 Å². The number of carbonyl (C=O) groups excluding carboxylic acids is 1. The predicted octanol–water partition coefficient (Wildman–Crippen LogP) is 3.95. The minimum atomic E-state index is -0.172. The van der Waals surface area contributed by atoms with E-state index >= 15 is 0 Å². The summed E-state index contributed by atoms with van der Waals surface area (Å²) in [5.41, 5.74) is 8.29. The van der Waals surface area contributed by atoms with Gasteiger partial charge in [-0.3, -0.25) is 4.79 Å². The number of nitrogen functional groups attached to an aromatic ring is 1. The quantitative estimate of drug-likeness (QED) is 0.733. The van der Waals surface area contributed by atoms with Gasteiger partial charge in [-0.1, -0.05) is 18.2 Å². The molecule has 1 amide bonds. The minimum absolute atomic E-state index is 0.107. The second-order valence-electron chi connectivity index (χ2n) is 6.06. The molecule has 5 nitrogen and oxygen atoms in total. The standard InChI is InChI=1S/C20H21N3O2/c1-13-16-6-4-5-7-17(16)25-20(13)14(2)23(3)19(24)11-9-15-8-10-18(21)22-12-15/h4-12,14H,1-3H3,(H2,21,22)/t14-/m1/s1. The normalized spacial score (nSPS) is 12.6. The molecule has 5 heteroatoms. The highest BCUT2D eigenvalue weighted by molar-refractivity contribution is 5.92. The Balaban J connectivity index is 1.78. The van der Waals surface area contributed by atoms with Gasteiger partial charge >= 0.3 is 0 Å². The fourth-order valence-electron chi connectivity index (χ4n) is 2.76. The molecule has 0 spiro atoms. The van der Waals surface area contributed by atoms with Gasteiger partial charge in [-0.2, -0.15) is 0 Å². The second-order valence-corrected chi connectivity index (χ2v) is 6.06. The van der Waals surface area contributed by atoms with E-state index in [1.54, 1.807) is 30.3 Å². The number of pyridine rings is 1. The zero-order valence-corrected chi connectivity index (χ0v) is 14.6. The largest absolute Gasteiger partial charge is 0.459 e. The average molecular weight is 335 g/mol. The number of amides is 1. The maximum Gasteiger partial charge on any atom is 0.246 e. The van der Waals surface area contributed by atoms with Crippen molar-refractivity contribution in [3.05, 3.63) is 65.6 Å². The van der Waals surface area contributed by atoms with Crippen molar-refractivity contribution in [2.45, 2.75) is 19.9 Å². The molecule has 3 rings (SSSR count). The highest BCUT2D eigenvalue weighted by Gasteiger charge is 2.22. The molecule has 1 aromatic carbocycles. The Morgan fingerprint density at radius 1 is 1.28 bits per heavy atom. The number of rotatable bonds is 4. The third kappa shape index (κ3) is 3.40. The van der Waals surface area contributed by atoms with Crippen molar-refractivity contribution >= 4 is 28.8 Å². The first-order valence-electron chi connectivity index (χ1n) is 8.12. The van der Waals surface area contributed by atoms with Gasteiger partial charge in [-0.05, 0) is 43.7 Å². The molecular formula is C20H21N3O2. The molecule has 128 valence electrons. The molecule has 25 heavy (non-hydrogen) atoms. The third-order valence-electron chi connectivity index (χ3n) is 4.42. The number of nitrogens with two attached hydrogens (primary N) is 1. The van der Waals surface area contributed by atoms with Crippen molar-refractivity contribution in [1.29, 1.82) is 0 Å². The van der Waals surface area contributed by atoms with Crippen molar-refractivity contribution in [1.82, 2.24) is 9.88 Å². The molecule has 0 aliphatic rings. The van der Waals surface area contributed by atoms with E-state index in [-0.39, 0.29) is 11.9 Å². The molecule has 2 heterocycles. The van der Waals surface area contributed by atoms with E-state index in [1.807, 2.05) is 44.2 Å². The van der Waals surface area contributed by atoms with E-state index in [0.29, 0.717) is 5.82 Å². The number of fused-ring (bicyclic) bond motifs is 1. The Kier molecular flexibility index (Phi) is 4.57. The monoisotopic (exact) mass is 335 g/mol. The van der Waals surface area contributed by atoms with Crippen molar-refractivity contribution in [3.63, 3.8) is 0 Å². The van der Waals surface area contributed by atoms with Crippen LogP contribution in [-0.2, 0) is 4.79 Å². The van der Waals surface area contributed by atoms with Crippen LogP contribution in [0.1, 0.15) is 29.9 Å². The lowest BCUT2D eigenvalue weighted by molar-refractivity contribution is -0.126. The molecule has 2 aromatic heterocycles. The van der Waals surface area contributed by atoms with E-state index in [0.717, 1.165) is 27.9 Å². The van der Waals surface area contributed by atoms with Crippen LogP contribution in [0.4, 0.5) is 5.82 Å². The number of carbonyl (C=O) groups is 1. The van der Waals surface area contributed by atoms with Gasteiger partial charge in [0.1, 0.15) is 17.2 Å². The van der Waals surface area contributed by atoms with Crippen LogP contribution in [0.5, 0.6) is 0 Å². The SMILES string of the molecule is Cc1c([C@@H](C)N(C)C(=O)C=Cc2ccc(N)nc2)oc2ccccc12. The minimum Gasteiger partial charge on any atom is -0.459 e. The van der Waals surface area contributed by atoms with E-state index in [1.165, 1.54) is 6.08 Å². The fourth-order valence-corrected chi connectivity index (χ4v) is 2.76. The summed E-state index contributed by atoms with van der Waals surface area (Å²) in [5, 5.41) is 1.08. The number of para-hydroxylation sites is 1. The van der Waals surface area contributed by atoms with Crippen LogP contribution in [0.3, 0.4) is 0 Å². The summed E-state index contributed by atoms with van der Waals surface area (Å²) in [5.74, 6) is 1.15. The smallest absolute Gasteiger partial charge is 0.246 e. The van der Waals surface area contributed by atoms with Gasteiger partial charge in [0.2, 0.25) is 5.91 Å². The summed E-state index contributed by atoms with van der Waals surface area (Å²) in [6.07, 6.45) is 4.89. The lowest BCUT2D eigenvalue weighted by Gasteiger charge is -2.22. The van der Waals surface area contributed by atoms with Crippen LogP contribution in [-0.4, -0.2) is 22.8 Å². The lowest BCUT2D eigenvalue weighted by Crippen LogP contribution is -2.28. The molecule has 0 aliphatic heterocycles. The van der Waals surface area contributed by atoms with Gasteiger partial charge in [0.15, 0.2) is 0 Å². The van der Waals surface area contributed by atoms with Gasteiger partial charge in [-0.25, -0.2) is 4.98 Å². The Labute approximate surface area is 146 Å². The zero-order chi connectivity index (χ0) is 18.0. The van der Waals surface area contributed by atoms with Gasteiger partial charge < -0.3 is 15.1 Å². The first-order chi connectivity index (χ1) is 12.0. The first kappa shape index (κ1) is 16.8. The van der Waals surface area contributed by atoms with Crippen LogP contribution in [0.25, 0.3) is 17.0 Å². The van der Waals surface area contributed by atoms with Gasteiger partial charge in [-0.15, -0.1) is 0 Å². The summed E-state index contributed by atoms with van der Waals surface area (Å²) >= 11 is 0. The number of aromatic nitrogens is 1. The molecule has 1 atom stereocenters. The number of likely N-dealkylation sites (N-methyl/N-ethyl adjacent to an activating group) is 1. The summed E-state index contributed by atoms with van der Waals surface area (Å²) in [6, 6.07) is 11.2. The van der Waals surface area contributed by atoms with E-state index in [9.17, 15) is 4.79 Å². The molecule has 0 saturated carbocycles. The molecule has 0 radical (unpaired) electrons. The molecule has 0 bridgehead atoms. The van der Waals surface area contributed by atoms with E-state index < -0.39 is 0 Å². The Bertz CT molecular complexity index is 926. The predicted molar refractivity (Wildman–Crippen MR) is 99.8 cm³/mol. The molecule has 0 saturated heterocycles. The van der Waals surface area contributed by atoms with Crippen LogP contribution >= 0.6 is 0 Å². The van der Waals surface area contributed by atoms with E-state index in [2.05, 4.69) is 4.98 Å². The first-order valence-corrected chi connectivity index (χ1v) is 8.12. The lowest BCUT2D eigenvalue weighted by atomic mass is 10.1. The van der Waals surface area contributed by atoms with E-state index in [4.69, 9.17) is 10.2 Å². The Morgan fingerprint density at radius 3 is 2.72 bits per heavy atom. The van der Waals surface area contributed by atoms with Crippen molar-refractivity contribution in [2.75, 3.05) is 12.8 Å². The van der Waals surface area contributed by atoms with Gasteiger partial charge in [0, 0.05) is 30.3 Å². The van der Waals surface area contributed by atoms with Crippen molar-refractivity contribution in [2.24, 2.45) is 0 Å². The van der Waals surface area contributed by atoms with Crippen molar-refractivity contribution < 1.29 is 9.21 Å². The Morgan fingerprint density at radius 2 is 2.04 bits per heavy atom. The number of aryl methyl sites for hydroxylation is 1. The number of hydrogen-bond acceptors (Lipinski definition) is 4. The third-order valence-corrected chi connectivity index (χ3v) is 4.42. The number of benzene rings is 1. The molecule has 0 unspecified atom stereocenters.